The lowest BCUT2D eigenvalue weighted by atomic mass is 9.89. The molecule has 0 amide bonds. The molecule has 162 valence electrons. The molecule has 1 aliphatic carbocycles. The number of aliphatic hydroxyl groups is 3. The molecule has 1 heterocycles. The highest BCUT2D eigenvalue weighted by atomic mass is 79.9. The monoisotopic (exact) mass is 550 g/mol. The highest BCUT2D eigenvalue weighted by Crippen LogP contribution is 2.36. The van der Waals surface area contributed by atoms with Crippen molar-refractivity contribution in [3.63, 3.8) is 0 Å². The van der Waals surface area contributed by atoms with Crippen LogP contribution in [0.4, 0.5) is 0 Å². The summed E-state index contributed by atoms with van der Waals surface area (Å²) in [6.45, 7) is 0. The molecule has 1 fully saturated rings. The number of aliphatic hydroxyl groups excluding tert-OH is 3. The maximum absolute atomic E-state index is 10.5. The van der Waals surface area contributed by atoms with Crippen molar-refractivity contribution in [2.45, 2.75) is 63.3 Å². The molecule has 0 saturated heterocycles. The topological polar surface area (TPSA) is 98.0 Å². The van der Waals surface area contributed by atoms with Crippen molar-refractivity contribution in [2.75, 3.05) is 0 Å². The van der Waals surface area contributed by atoms with Gasteiger partial charge in [-0.3, -0.25) is 4.79 Å². The van der Waals surface area contributed by atoms with Gasteiger partial charge in [0.2, 0.25) is 0 Å². The minimum Gasteiger partial charge on any atom is -0.481 e. The summed E-state index contributed by atoms with van der Waals surface area (Å²) in [6.07, 6.45) is 9.39. The van der Waals surface area contributed by atoms with E-state index in [1.165, 1.54) is 4.88 Å². The summed E-state index contributed by atoms with van der Waals surface area (Å²) in [4.78, 5) is 11.7. The van der Waals surface area contributed by atoms with Crippen molar-refractivity contribution in [2.24, 2.45) is 11.8 Å². The van der Waals surface area contributed by atoms with Crippen molar-refractivity contribution >= 4 is 49.2 Å². The number of allylic oxidation sites excluding steroid dienone is 2. The molecule has 1 aromatic heterocycles. The Bertz CT molecular complexity index is 698. The summed E-state index contributed by atoms with van der Waals surface area (Å²) in [5, 5.41) is 39.5. The molecule has 0 bridgehead atoms. The number of thiophene rings is 1. The number of carboxylic acids is 1. The molecule has 1 saturated carbocycles. The first kappa shape index (κ1) is 24.8. The van der Waals surface area contributed by atoms with E-state index >= 15 is 0 Å². The first-order chi connectivity index (χ1) is 13.8. The van der Waals surface area contributed by atoms with Crippen molar-refractivity contribution in [1.29, 1.82) is 0 Å². The molecule has 4 unspecified atom stereocenters. The molecule has 2 rings (SSSR count). The maximum atomic E-state index is 10.5. The average molecular weight is 552 g/mol. The van der Waals surface area contributed by atoms with E-state index < -0.39 is 24.3 Å². The Hall–Kier alpha value is -0.510. The lowest BCUT2D eigenvalue weighted by Crippen LogP contribution is -2.20. The third-order valence-electron chi connectivity index (χ3n) is 5.19. The zero-order valence-corrected chi connectivity index (χ0v) is 20.1. The van der Waals surface area contributed by atoms with Gasteiger partial charge in [-0.05, 0) is 75.9 Å². The number of carbonyl (C=O) groups is 1. The Labute approximate surface area is 192 Å². The summed E-state index contributed by atoms with van der Waals surface area (Å²) in [6, 6.07) is 2.04. The second-order valence-corrected chi connectivity index (χ2v) is 10.7. The van der Waals surface area contributed by atoms with E-state index in [2.05, 4.69) is 31.9 Å². The fraction of sp³-hybridized carbons (Fsp3) is 0.571. The molecule has 4 N–H and O–H groups in total. The lowest BCUT2D eigenvalue weighted by Gasteiger charge is -2.19. The SMILES string of the molecule is O=C(O)CCC/C=C\C[C@H]1C(O)CC(O)C1/C=C/C(O)CCc1cc(Br)c(Br)s1. The van der Waals surface area contributed by atoms with Crippen molar-refractivity contribution < 1.29 is 25.2 Å². The molecule has 1 aliphatic rings. The lowest BCUT2D eigenvalue weighted by molar-refractivity contribution is -0.137. The first-order valence-corrected chi connectivity index (χ1v) is 12.2. The third kappa shape index (κ3) is 8.26. The van der Waals surface area contributed by atoms with Gasteiger partial charge in [0.1, 0.15) is 0 Å². The smallest absolute Gasteiger partial charge is 0.303 e. The number of halogens is 2. The number of hydrogen-bond donors (Lipinski definition) is 4. The zero-order valence-electron chi connectivity index (χ0n) is 16.1. The van der Waals surface area contributed by atoms with Crippen LogP contribution in [0.2, 0.25) is 0 Å². The summed E-state index contributed by atoms with van der Waals surface area (Å²) >= 11 is 8.57. The maximum Gasteiger partial charge on any atom is 0.303 e. The third-order valence-corrected chi connectivity index (χ3v) is 8.51. The molecule has 8 heteroatoms. The molecule has 0 radical (unpaired) electrons. The van der Waals surface area contributed by atoms with Gasteiger partial charge in [-0.1, -0.05) is 24.3 Å². The van der Waals surface area contributed by atoms with Crippen molar-refractivity contribution in [3.8, 4) is 0 Å². The van der Waals surface area contributed by atoms with Crippen LogP contribution in [0.1, 0.15) is 43.4 Å². The van der Waals surface area contributed by atoms with E-state index in [1.54, 1.807) is 17.4 Å². The highest BCUT2D eigenvalue weighted by Gasteiger charge is 2.39. The molecule has 5 atom stereocenters. The summed E-state index contributed by atoms with van der Waals surface area (Å²) in [5.41, 5.74) is 0. The van der Waals surface area contributed by atoms with E-state index in [1.807, 2.05) is 24.3 Å². The van der Waals surface area contributed by atoms with Crippen molar-refractivity contribution in [3.05, 3.63) is 43.5 Å². The first-order valence-electron chi connectivity index (χ1n) is 9.81. The van der Waals surface area contributed by atoms with Crippen molar-refractivity contribution in [1.82, 2.24) is 0 Å². The van der Waals surface area contributed by atoms with Crippen LogP contribution in [-0.4, -0.2) is 44.7 Å². The highest BCUT2D eigenvalue weighted by molar-refractivity contribution is 9.13. The van der Waals surface area contributed by atoms with Crippen LogP contribution in [0, 0.1) is 11.8 Å². The quantitative estimate of drug-likeness (QED) is 0.236. The average Bonchev–Trinajstić information content (AvgIpc) is 3.11. The van der Waals surface area contributed by atoms with Crippen LogP contribution in [0.25, 0.3) is 0 Å². The molecule has 5 nitrogen and oxygen atoms in total. The van der Waals surface area contributed by atoms with Crippen LogP contribution < -0.4 is 0 Å². The van der Waals surface area contributed by atoms with Gasteiger partial charge in [-0.25, -0.2) is 0 Å². The molecule has 0 aromatic carbocycles. The number of unbranched alkanes of at least 4 members (excludes halogenated alkanes) is 1. The Kier molecular flexibility index (Phi) is 10.6. The normalized spacial score (nSPS) is 26.0. The van der Waals surface area contributed by atoms with Crippen LogP contribution in [0.15, 0.2) is 38.6 Å². The summed E-state index contributed by atoms with van der Waals surface area (Å²) < 4.78 is 2.06. The minimum absolute atomic E-state index is 0.103. The Morgan fingerprint density at radius 3 is 2.69 bits per heavy atom. The largest absolute Gasteiger partial charge is 0.481 e. The minimum atomic E-state index is -0.796. The zero-order chi connectivity index (χ0) is 21.4. The van der Waals surface area contributed by atoms with E-state index in [9.17, 15) is 20.1 Å². The van der Waals surface area contributed by atoms with Gasteiger partial charge in [0.15, 0.2) is 0 Å². The number of aliphatic carboxylic acids is 1. The Balaban J connectivity index is 1.83. The van der Waals surface area contributed by atoms with Gasteiger partial charge in [-0.2, -0.15) is 0 Å². The van der Waals surface area contributed by atoms with E-state index in [0.29, 0.717) is 32.1 Å². The standard InChI is InChI=1S/C21H28Br2O5S/c22-17-11-14(29-21(17)23)9-7-13(24)8-10-16-15(18(25)12-19(16)26)5-3-1-2-4-6-20(27)28/h1,3,8,10-11,13,15-16,18-19,24-26H,2,4-7,9,12H2,(H,27,28)/b3-1-,10-8+/t13?,15-,16?,18?,19?/m1/s1. The molecular weight excluding hydrogens is 524 g/mol. The van der Waals surface area contributed by atoms with Gasteiger partial charge in [0.05, 0.1) is 22.1 Å². The molecule has 0 aliphatic heterocycles. The second-order valence-electron chi connectivity index (χ2n) is 7.43. The van der Waals surface area contributed by atoms with Crippen LogP contribution in [0.5, 0.6) is 0 Å². The summed E-state index contributed by atoms with van der Waals surface area (Å²) in [5.74, 6) is -1.10. The molecule has 29 heavy (non-hydrogen) atoms. The van der Waals surface area contributed by atoms with E-state index in [4.69, 9.17) is 5.11 Å². The number of aryl methyl sites for hydroxylation is 1. The fourth-order valence-electron chi connectivity index (χ4n) is 3.61. The van der Waals surface area contributed by atoms with Crippen LogP contribution in [0.3, 0.4) is 0 Å². The van der Waals surface area contributed by atoms with Crippen LogP contribution >= 0.6 is 43.2 Å². The predicted octanol–water partition coefficient (Wildman–Crippen LogP) is 4.68. The second kappa shape index (κ2) is 12.4. The predicted molar refractivity (Wildman–Crippen MR) is 122 cm³/mol. The Morgan fingerprint density at radius 1 is 1.28 bits per heavy atom. The molecule has 0 spiro atoms. The Morgan fingerprint density at radius 2 is 2.03 bits per heavy atom. The number of carboxylic acid groups (broad SMARTS) is 1. The van der Waals surface area contributed by atoms with Gasteiger partial charge >= 0.3 is 5.97 Å². The van der Waals surface area contributed by atoms with Gasteiger partial charge in [0.25, 0.3) is 0 Å². The van der Waals surface area contributed by atoms with E-state index in [0.717, 1.165) is 14.7 Å². The van der Waals surface area contributed by atoms with E-state index in [-0.39, 0.29) is 18.3 Å². The van der Waals surface area contributed by atoms with Gasteiger partial charge in [-0.15, -0.1) is 11.3 Å². The van der Waals surface area contributed by atoms with Gasteiger partial charge < -0.3 is 20.4 Å². The number of rotatable bonds is 11. The summed E-state index contributed by atoms with van der Waals surface area (Å²) in [7, 11) is 0. The molecule has 1 aromatic rings. The van der Waals surface area contributed by atoms with Gasteiger partial charge in [0, 0.05) is 28.1 Å². The fourth-order valence-corrected chi connectivity index (χ4v) is 5.80. The molecular formula is C21H28Br2O5S. The van der Waals surface area contributed by atoms with Crippen LogP contribution in [-0.2, 0) is 11.2 Å². The number of hydrogen-bond acceptors (Lipinski definition) is 5.